The summed E-state index contributed by atoms with van der Waals surface area (Å²) in [6.45, 7) is 4.16. The van der Waals surface area contributed by atoms with Crippen LogP contribution in [-0.2, 0) is 10.1 Å². The van der Waals surface area contributed by atoms with Crippen LogP contribution in [0.15, 0.2) is 85.1 Å². The third-order valence-electron chi connectivity index (χ3n) is 3.58. The second kappa shape index (κ2) is 7.04. The number of pyridine rings is 1. The molecule has 116 valence electrons. The summed E-state index contributed by atoms with van der Waals surface area (Å²) in [5.41, 5.74) is 0.484. The van der Waals surface area contributed by atoms with Gasteiger partial charge in [0.1, 0.15) is 5.60 Å². The lowest BCUT2D eigenvalue weighted by Gasteiger charge is -2.30. The first-order valence-electron chi connectivity index (χ1n) is 7.68. The number of rotatable bonds is 5. The van der Waals surface area contributed by atoms with Crippen LogP contribution in [0.4, 0.5) is 0 Å². The van der Waals surface area contributed by atoms with Gasteiger partial charge >= 0.3 is 0 Å². The van der Waals surface area contributed by atoms with Gasteiger partial charge in [-0.05, 0) is 26.0 Å². The van der Waals surface area contributed by atoms with E-state index in [9.17, 15) is 0 Å². The predicted molar refractivity (Wildman–Crippen MR) is 97.4 cm³/mol. The first kappa shape index (κ1) is 15.9. The Morgan fingerprint density at radius 1 is 0.739 bits per heavy atom. The van der Waals surface area contributed by atoms with E-state index in [1.165, 1.54) is 10.6 Å². The van der Waals surface area contributed by atoms with Gasteiger partial charge in [-0.2, -0.15) is 0 Å². The fourth-order valence-electron chi connectivity index (χ4n) is 2.38. The van der Waals surface area contributed by atoms with E-state index in [-0.39, 0.29) is 0 Å². The standard InChI is InChI=1S/C20H20NOP/c1-20(2,19-15-9-10-16-21-19)22-23(17-11-5-3-6-12-17)18-13-7-4-8-14-18/h3-16H,1-2H3. The van der Waals surface area contributed by atoms with Crippen LogP contribution < -0.4 is 10.6 Å². The van der Waals surface area contributed by atoms with Gasteiger partial charge in [-0.15, -0.1) is 0 Å². The summed E-state index contributed by atoms with van der Waals surface area (Å²) < 4.78 is 6.60. The normalized spacial score (nSPS) is 11.6. The molecular weight excluding hydrogens is 301 g/mol. The molecule has 3 heteroatoms. The van der Waals surface area contributed by atoms with Crippen molar-refractivity contribution in [1.29, 1.82) is 0 Å². The number of hydrogen-bond donors (Lipinski definition) is 0. The molecule has 1 aromatic heterocycles. The van der Waals surface area contributed by atoms with Gasteiger partial charge in [0.2, 0.25) is 0 Å². The maximum atomic E-state index is 6.60. The molecule has 23 heavy (non-hydrogen) atoms. The summed E-state index contributed by atoms with van der Waals surface area (Å²) in [5, 5.41) is 2.41. The molecule has 0 fully saturated rings. The smallest absolute Gasteiger partial charge is 0.109 e. The molecule has 0 N–H and O–H groups in total. The van der Waals surface area contributed by atoms with E-state index in [1.807, 2.05) is 36.5 Å². The molecule has 0 radical (unpaired) electrons. The first-order chi connectivity index (χ1) is 11.2. The van der Waals surface area contributed by atoms with Gasteiger partial charge in [0, 0.05) is 16.8 Å². The monoisotopic (exact) mass is 321 g/mol. The molecule has 0 aliphatic rings. The van der Waals surface area contributed by atoms with Crippen molar-refractivity contribution in [2.45, 2.75) is 19.4 Å². The molecule has 0 unspecified atom stereocenters. The van der Waals surface area contributed by atoms with Crippen LogP contribution in [0.1, 0.15) is 19.5 Å². The maximum absolute atomic E-state index is 6.60. The van der Waals surface area contributed by atoms with Crippen molar-refractivity contribution in [3.05, 3.63) is 90.8 Å². The highest BCUT2D eigenvalue weighted by Gasteiger charge is 2.29. The third kappa shape index (κ3) is 3.85. The second-order valence-electron chi connectivity index (χ2n) is 5.78. The van der Waals surface area contributed by atoms with Crippen molar-refractivity contribution in [2.24, 2.45) is 0 Å². The number of hydrogen-bond acceptors (Lipinski definition) is 2. The summed E-state index contributed by atoms with van der Waals surface area (Å²) in [4.78, 5) is 4.48. The van der Waals surface area contributed by atoms with Crippen molar-refractivity contribution in [3.63, 3.8) is 0 Å². The molecule has 0 aliphatic carbocycles. The second-order valence-corrected chi connectivity index (χ2v) is 7.59. The quantitative estimate of drug-likeness (QED) is 0.651. The Balaban J connectivity index is 1.97. The number of benzene rings is 2. The van der Waals surface area contributed by atoms with Crippen molar-refractivity contribution >= 4 is 18.8 Å². The Hall–Kier alpha value is -2.02. The van der Waals surface area contributed by atoms with Crippen LogP contribution in [0.5, 0.6) is 0 Å². The Bertz CT molecular complexity index is 690. The topological polar surface area (TPSA) is 22.1 Å². The highest BCUT2D eigenvalue weighted by Crippen LogP contribution is 2.43. The van der Waals surface area contributed by atoms with Crippen LogP contribution in [0.25, 0.3) is 0 Å². The molecular formula is C20H20NOP. The maximum Gasteiger partial charge on any atom is 0.109 e. The van der Waals surface area contributed by atoms with Gasteiger partial charge in [0.05, 0.1) is 13.8 Å². The van der Waals surface area contributed by atoms with Crippen molar-refractivity contribution < 1.29 is 4.52 Å². The molecule has 0 saturated heterocycles. The fraction of sp³-hybridized carbons (Fsp3) is 0.150. The molecule has 0 spiro atoms. The van der Waals surface area contributed by atoms with E-state index in [0.29, 0.717) is 0 Å². The van der Waals surface area contributed by atoms with Crippen LogP contribution >= 0.6 is 8.15 Å². The Labute approximate surface area is 139 Å². The molecule has 3 aromatic rings. The lowest BCUT2D eigenvalue weighted by Crippen LogP contribution is -2.26. The van der Waals surface area contributed by atoms with E-state index in [0.717, 1.165) is 5.69 Å². The summed E-state index contributed by atoms with van der Waals surface area (Å²) in [6, 6.07) is 26.8. The average molecular weight is 321 g/mol. The summed E-state index contributed by atoms with van der Waals surface area (Å²) >= 11 is 0. The lowest BCUT2D eigenvalue weighted by atomic mass is 10.1. The van der Waals surface area contributed by atoms with Gasteiger partial charge in [-0.25, -0.2) is 0 Å². The van der Waals surface area contributed by atoms with Gasteiger partial charge in [0.25, 0.3) is 0 Å². The number of aromatic nitrogens is 1. The van der Waals surface area contributed by atoms with Gasteiger partial charge in [-0.1, -0.05) is 66.7 Å². The third-order valence-corrected chi connectivity index (χ3v) is 5.76. The first-order valence-corrected chi connectivity index (χ1v) is 8.94. The van der Waals surface area contributed by atoms with E-state index in [1.54, 1.807) is 0 Å². The zero-order valence-electron chi connectivity index (χ0n) is 13.4. The predicted octanol–water partition coefficient (Wildman–Crippen LogP) is 4.38. The summed E-state index contributed by atoms with van der Waals surface area (Å²) in [7, 11) is -0.903. The van der Waals surface area contributed by atoms with Crippen molar-refractivity contribution in [2.75, 3.05) is 0 Å². The van der Waals surface area contributed by atoms with Gasteiger partial charge in [0.15, 0.2) is 0 Å². The lowest BCUT2D eigenvalue weighted by molar-refractivity contribution is 0.127. The molecule has 0 bridgehead atoms. The van der Waals surface area contributed by atoms with Crippen molar-refractivity contribution in [1.82, 2.24) is 4.98 Å². The van der Waals surface area contributed by atoms with Crippen molar-refractivity contribution in [3.8, 4) is 0 Å². The van der Waals surface area contributed by atoms with Gasteiger partial charge < -0.3 is 4.52 Å². The zero-order chi connectivity index (χ0) is 16.1. The largest absolute Gasteiger partial charge is 0.338 e. The van der Waals surface area contributed by atoms with Gasteiger partial charge in [-0.3, -0.25) is 4.98 Å². The van der Waals surface area contributed by atoms with Crippen LogP contribution in [0, 0.1) is 0 Å². The highest BCUT2D eigenvalue weighted by molar-refractivity contribution is 7.68. The summed E-state index contributed by atoms with van der Waals surface area (Å²) in [6.07, 6.45) is 1.81. The van der Waals surface area contributed by atoms with Crippen LogP contribution in [0.3, 0.4) is 0 Å². The average Bonchev–Trinajstić information content (AvgIpc) is 2.62. The molecule has 0 aliphatic heterocycles. The van der Waals surface area contributed by atoms with Crippen LogP contribution in [-0.4, -0.2) is 4.98 Å². The van der Waals surface area contributed by atoms with E-state index >= 15 is 0 Å². The zero-order valence-corrected chi connectivity index (χ0v) is 14.3. The minimum atomic E-state index is -0.903. The van der Waals surface area contributed by atoms with E-state index in [2.05, 4.69) is 67.4 Å². The summed E-state index contributed by atoms with van der Waals surface area (Å²) in [5.74, 6) is 0. The Kier molecular flexibility index (Phi) is 4.85. The van der Waals surface area contributed by atoms with Crippen LogP contribution in [0.2, 0.25) is 0 Å². The molecule has 0 amide bonds. The van der Waals surface area contributed by atoms with E-state index < -0.39 is 13.7 Å². The molecule has 3 rings (SSSR count). The Morgan fingerprint density at radius 3 is 1.74 bits per heavy atom. The molecule has 1 heterocycles. The molecule has 0 atom stereocenters. The highest BCUT2D eigenvalue weighted by atomic mass is 31.1. The minimum absolute atomic E-state index is 0.460. The van der Waals surface area contributed by atoms with E-state index in [4.69, 9.17) is 4.52 Å². The SMILES string of the molecule is CC(C)(OP(c1ccccc1)c1ccccc1)c1ccccn1. The Morgan fingerprint density at radius 2 is 1.26 bits per heavy atom. The molecule has 2 nitrogen and oxygen atoms in total. The number of nitrogens with zero attached hydrogens (tertiary/aromatic N) is 1. The molecule has 0 saturated carbocycles. The molecule has 2 aromatic carbocycles. The fourth-order valence-corrected chi connectivity index (χ4v) is 4.32. The minimum Gasteiger partial charge on any atom is -0.338 e.